The zero-order valence-corrected chi connectivity index (χ0v) is 10.0. The lowest BCUT2D eigenvalue weighted by Gasteiger charge is -2.34. The molecule has 1 N–H and O–H groups in total. The Balaban J connectivity index is 2.14. The van der Waals surface area contributed by atoms with Crippen molar-refractivity contribution < 1.29 is 9.84 Å². The van der Waals surface area contributed by atoms with Crippen LogP contribution in [0.5, 0.6) is 0 Å². The summed E-state index contributed by atoms with van der Waals surface area (Å²) in [5.41, 5.74) is 0.181. The number of rotatable bonds is 3. The van der Waals surface area contributed by atoms with Gasteiger partial charge in [-0.05, 0) is 13.3 Å². The van der Waals surface area contributed by atoms with Gasteiger partial charge in [-0.2, -0.15) is 5.10 Å². The first-order chi connectivity index (χ1) is 7.64. The average Bonchev–Trinajstić information content (AvgIpc) is 2.67. The van der Waals surface area contributed by atoms with E-state index >= 15 is 0 Å². The molecule has 0 spiro atoms. The summed E-state index contributed by atoms with van der Waals surface area (Å²) in [6.07, 6.45) is 6.24. The average molecular weight is 224 g/mol. The smallest absolute Gasteiger partial charge is 0.0973 e. The summed E-state index contributed by atoms with van der Waals surface area (Å²) in [5, 5.41) is 14.8. The zero-order chi connectivity index (χ0) is 11.6. The molecule has 90 valence electrons. The Hall–Kier alpha value is -0.870. The third kappa shape index (κ3) is 2.28. The van der Waals surface area contributed by atoms with E-state index < -0.39 is 5.60 Å². The lowest BCUT2D eigenvalue weighted by molar-refractivity contribution is -0.101. The van der Waals surface area contributed by atoms with E-state index in [1.807, 2.05) is 17.8 Å². The maximum atomic E-state index is 10.6. The monoisotopic (exact) mass is 224 g/mol. The number of ether oxygens (including phenoxy) is 1. The molecule has 1 aliphatic rings. The molecule has 0 saturated carbocycles. The molecule has 0 radical (unpaired) electrons. The first kappa shape index (κ1) is 11.6. The number of aryl methyl sites for hydroxylation is 1. The molecule has 2 heterocycles. The molecule has 1 aliphatic heterocycles. The van der Waals surface area contributed by atoms with Gasteiger partial charge >= 0.3 is 0 Å². The fourth-order valence-electron chi connectivity index (χ4n) is 2.28. The van der Waals surface area contributed by atoms with Gasteiger partial charge in [0, 0.05) is 31.1 Å². The lowest BCUT2D eigenvalue weighted by Crippen LogP contribution is -2.37. The van der Waals surface area contributed by atoms with Crippen molar-refractivity contribution in [1.82, 2.24) is 9.78 Å². The molecule has 0 aromatic carbocycles. The Morgan fingerprint density at radius 2 is 2.50 bits per heavy atom. The highest BCUT2D eigenvalue weighted by atomic mass is 16.5. The van der Waals surface area contributed by atoms with Crippen LogP contribution in [-0.2, 0) is 16.9 Å². The van der Waals surface area contributed by atoms with Crippen molar-refractivity contribution in [3.8, 4) is 0 Å². The summed E-state index contributed by atoms with van der Waals surface area (Å²) in [7, 11) is 0. The van der Waals surface area contributed by atoms with Gasteiger partial charge in [0.2, 0.25) is 0 Å². The van der Waals surface area contributed by atoms with Gasteiger partial charge in [0.15, 0.2) is 0 Å². The minimum atomic E-state index is -0.746. The van der Waals surface area contributed by atoms with Gasteiger partial charge in [-0.15, -0.1) is 0 Å². The summed E-state index contributed by atoms with van der Waals surface area (Å²) in [5.74, 6) is 0. The molecule has 4 nitrogen and oxygen atoms in total. The molecule has 1 saturated heterocycles. The van der Waals surface area contributed by atoms with Crippen molar-refractivity contribution in [2.45, 2.75) is 51.4 Å². The van der Waals surface area contributed by atoms with Crippen molar-refractivity contribution in [1.29, 1.82) is 0 Å². The van der Waals surface area contributed by atoms with Gasteiger partial charge < -0.3 is 9.84 Å². The van der Waals surface area contributed by atoms with Crippen molar-refractivity contribution in [2.75, 3.05) is 6.61 Å². The molecule has 1 aromatic rings. The second kappa shape index (κ2) is 4.55. The quantitative estimate of drug-likeness (QED) is 0.849. The van der Waals surface area contributed by atoms with Gasteiger partial charge in [0.25, 0.3) is 0 Å². The van der Waals surface area contributed by atoms with Crippen molar-refractivity contribution in [3.63, 3.8) is 0 Å². The summed E-state index contributed by atoms with van der Waals surface area (Å²) in [4.78, 5) is 0. The van der Waals surface area contributed by atoms with Crippen LogP contribution in [0.4, 0.5) is 0 Å². The fraction of sp³-hybridized carbons (Fsp3) is 0.750. The second-order valence-corrected chi connectivity index (χ2v) is 4.66. The summed E-state index contributed by atoms with van der Waals surface area (Å²) in [6.45, 7) is 5.64. The molecule has 2 rings (SSSR count). The Bertz CT molecular complexity index is 351. The largest absolute Gasteiger partial charge is 0.385 e. The summed E-state index contributed by atoms with van der Waals surface area (Å²) in [6, 6.07) is 0. The van der Waals surface area contributed by atoms with E-state index in [-0.39, 0.29) is 6.10 Å². The third-order valence-electron chi connectivity index (χ3n) is 3.17. The van der Waals surface area contributed by atoms with Gasteiger partial charge in [-0.3, -0.25) is 4.68 Å². The molecule has 0 aliphatic carbocycles. The second-order valence-electron chi connectivity index (χ2n) is 4.66. The van der Waals surface area contributed by atoms with Gasteiger partial charge in [-0.1, -0.05) is 6.92 Å². The third-order valence-corrected chi connectivity index (χ3v) is 3.17. The minimum Gasteiger partial charge on any atom is -0.385 e. The highest BCUT2D eigenvalue weighted by Gasteiger charge is 2.35. The topological polar surface area (TPSA) is 47.3 Å². The van der Waals surface area contributed by atoms with Gasteiger partial charge in [0.1, 0.15) is 0 Å². The lowest BCUT2D eigenvalue weighted by atomic mass is 9.86. The van der Waals surface area contributed by atoms with E-state index in [0.29, 0.717) is 19.4 Å². The molecule has 1 fully saturated rings. The minimum absolute atomic E-state index is 0.119. The number of aliphatic hydroxyl groups is 1. The Morgan fingerprint density at radius 3 is 3.19 bits per heavy atom. The summed E-state index contributed by atoms with van der Waals surface area (Å²) >= 11 is 0. The molecule has 1 aromatic heterocycles. The Kier molecular flexibility index (Phi) is 3.30. The molecule has 2 atom stereocenters. The van der Waals surface area contributed by atoms with E-state index in [1.54, 1.807) is 6.20 Å². The van der Waals surface area contributed by atoms with E-state index in [2.05, 4.69) is 12.0 Å². The van der Waals surface area contributed by atoms with Crippen molar-refractivity contribution in [2.24, 2.45) is 0 Å². The maximum Gasteiger partial charge on any atom is 0.0973 e. The van der Waals surface area contributed by atoms with Crippen LogP contribution in [0, 0.1) is 0 Å². The first-order valence-electron chi connectivity index (χ1n) is 6.01. The van der Waals surface area contributed by atoms with Crippen LogP contribution in [0.25, 0.3) is 0 Å². The molecule has 0 bridgehead atoms. The van der Waals surface area contributed by atoms with Crippen LogP contribution in [0.15, 0.2) is 12.4 Å². The Labute approximate surface area is 96.2 Å². The highest BCUT2D eigenvalue weighted by Crippen LogP contribution is 2.34. The number of aromatic nitrogens is 2. The SMILES string of the molecule is CCCn1cc(C2(O)CCOC(C)C2)cn1. The predicted octanol–water partition coefficient (Wildman–Crippen LogP) is 1.68. The number of nitrogens with zero attached hydrogens (tertiary/aromatic N) is 2. The van der Waals surface area contributed by atoms with E-state index in [0.717, 1.165) is 18.5 Å². The molecule has 16 heavy (non-hydrogen) atoms. The van der Waals surface area contributed by atoms with E-state index in [9.17, 15) is 5.11 Å². The normalized spacial score (nSPS) is 30.6. The number of hydrogen-bond acceptors (Lipinski definition) is 3. The molecule has 2 unspecified atom stereocenters. The number of hydrogen-bond donors (Lipinski definition) is 1. The van der Waals surface area contributed by atoms with Crippen LogP contribution in [-0.4, -0.2) is 27.6 Å². The maximum absolute atomic E-state index is 10.6. The molecule has 0 amide bonds. The predicted molar refractivity (Wildman–Crippen MR) is 61.1 cm³/mol. The highest BCUT2D eigenvalue weighted by molar-refractivity contribution is 5.16. The zero-order valence-electron chi connectivity index (χ0n) is 10.0. The van der Waals surface area contributed by atoms with Crippen molar-refractivity contribution >= 4 is 0 Å². The van der Waals surface area contributed by atoms with Crippen LogP contribution < -0.4 is 0 Å². The van der Waals surface area contributed by atoms with Crippen LogP contribution >= 0.6 is 0 Å². The van der Waals surface area contributed by atoms with Crippen LogP contribution in [0.3, 0.4) is 0 Å². The Morgan fingerprint density at radius 1 is 1.69 bits per heavy atom. The standard InChI is InChI=1S/C12H20N2O2/c1-3-5-14-9-11(8-13-14)12(15)4-6-16-10(2)7-12/h8-10,15H,3-7H2,1-2H3. The fourth-order valence-corrected chi connectivity index (χ4v) is 2.28. The van der Waals surface area contributed by atoms with Crippen molar-refractivity contribution in [3.05, 3.63) is 18.0 Å². The first-order valence-corrected chi connectivity index (χ1v) is 6.01. The van der Waals surface area contributed by atoms with E-state index in [1.165, 1.54) is 0 Å². The van der Waals surface area contributed by atoms with Crippen LogP contribution in [0.1, 0.15) is 38.7 Å². The van der Waals surface area contributed by atoms with Gasteiger partial charge in [0.05, 0.1) is 24.5 Å². The van der Waals surface area contributed by atoms with E-state index in [4.69, 9.17) is 4.74 Å². The molecular weight excluding hydrogens is 204 g/mol. The molecular formula is C12H20N2O2. The summed E-state index contributed by atoms with van der Waals surface area (Å²) < 4.78 is 7.36. The molecule has 4 heteroatoms. The van der Waals surface area contributed by atoms with Gasteiger partial charge in [-0.25, -0.2) is 0 Å². The van der Waals surface area contributed by atoms with Crippen LogP contribution in [0.2, 0.25) is 0 Å².